The Hall–Kier alpha value is -2.24. The van der Waals surface area contributed by atoms with Crippen LogP contribution < -0.4 is 9.47 Å². The first-order valence-electron chi connectivity index (χ1n) is 6.25. The van der Waals surface area contributed by atoms with Gasteiger partial charge in [-0.05, 0) is 31.0 Å². The maximum absolute atomic E-state index is 11.5. The molecule has 0 aliphatic carbocycles. The lowest BCUT2D eigenvalue weighted by Crippen LogP contribution is -2.18. The van der Waals surface area contributed by atoms with Gasteiger partial charge in [-0.2, -0.15) is 0 Å². The van der Waals surface area contributed by atoms with Crippen LogP contribution in [-0.2, 0) is 16.0 Å². The fourth-order valence-corrected chi connectivity index (χ4v) is 1.71. The van der Waals surface area contributed by atoms with Gasteiger partial charge >= 0.3 is 5.97 Å². The van der Waals surface area contributed by atoms with Crippen LogP contribution >= 0.6 is 0 Å². The highest BCUT2D eigenvalue weighted by atomic mass is 16.5. The van der Waals surface area contributed by atoms with Crippen molar-refractivity contribution in [2.45, 2.75) is 19.8 Å². The van der Waals surface area contributed by atoms with E-state index in [-0.39, 0.29) is 18.7 Å². The Kier molecular flexibility index (Phi) is 6.36. The first kappa shape index (κ1) is 15.8. The highest BCUT2D eigenvalue weighted by molar-refractivity contribution is 6.36. The molecule has 0 spiro atoms. The summed E-state index contributed by atoms with van der Waals surface area (Å²) in [5.74, 6) is 0.650. The first-order chi connectivity index (χ1) is 9.65. The van der Waals surface area contributed by atoms with E-state index in [1.165, 1.54) is 0 Å². The summed E-state index contributed by atoms with van der Waals surface area (Å²) in [4.78, 5) is 11.5. The van der Waals surface area contributed by atoms with Crippen molar-refractivity contribution in [2.24, 2.45) is 5.16 Å². The van der Waals surface area contributed by atoms with Crippen LogP contribution in [0.15, 0.2) is 23.4 Å². The van der Waals surface area contributed by atoms with Crippen LogP contribution in [0.1, 0.15) is 18.9 Å². The minimum Gasteiger partial charge on any atom is -0.493 e. The van der Waals surface area contributed by atoms with Gasteiger partial charge in [-0.25, -0.2) is 4.79 Å². The second-order valence-corrected chi connectivity index (χ2v) is 3.96. The van der Waals surface area contributed by atoms with Crippen LogP contribution in [0, 0.1) is 0 Å². The standard InChI is InChI=1S/C14H19NO5/c1-4-20-14(16)11(15-17)7-5-10-6-8-12(18-2)13(9-10)19-3/h6,8-9,17H,4-5,7H2,1-3H3/b15-11-. The topological polar surface area (TPSA) is 77.4 Å². The Labute approximate surface area is 117 Å². The molecular weight excluding hydrogens is 262 g/mol. The van der Waals surface area contributed by atoms with E-state index < -0.39 is 5.97 Å². The molecule has 0 heterocycles. The second-order valence-electron chi connectivity index (χ2n) is 3.96. The Morgan fingerprint density at radius 3 is 2.50 bits per heavy atom. The SMILES string of the molecule is CCOC(=O)/C(CCc1ccc(OC)c(OC)c1)=N\O. The Bertz CT molecular complexity index is 484. The number of aryl methyl sites for hydroxylation is 1. The van der Waals surface area contributed by atoms with Crippen molar-refractivity contribution in [3.05, 3.63) is 23.8 Å². The Balaban J connectivity index is 2.72. The molecule has 0 saturated carbocycles. The highest BCUT2D eigenvalue weighted by Crippen LogP contribution is 2.27. The molecule has 6 heteroatoms. The number of esters is 1. The smallest absolute Gasteiger partial charge is 0.356 e. The van der Waals surface area contributed by atoms with Gasteiger partial charge in [0.05, 0.1) is 20.8 Å². The number of hydrogen-bond acceptors (Lipinski definition) is 6. The van der Waals surface area contributed by atoms with Crippen LogP contribution in [0.4, 0.5) is 0 Å². The molecule has 1 rings (SSSR count). The maximum Gasteiger partial charge on any atom is 0.356 e. The number of benzene rings is 1. The van der Waals surface area contributed by atoms with Crippen molar-refractivity contribution in [3.8, 4) is 11.5 Å². The molecule has 0 fully saturated rings. The molecule has 0 atom stereocenters. The number of nitrogens with zero attached hydrogens (tertiary/aromatic N) is 1. The largest absolute Gasteiger partial charge is 0.493 e. The third-order valence-corrected chi connectivity index (χ3v) is 2.73. The molecule has 0 aliphatic rings. The minimum atomic E-state index is -0.601. The number of methoxy groups -OCH3 is 2. The lowest BCUT2D eigenvalue weighted by molar-refractivity contribution is -0.135. The van der Waals surface area contributed by atoms with Gasteiger partial charge in [0.25, 0.3) is 0 Å². The summed E-state index contributed by atoms with van der Waals surface area (Å²) in [6, 6.07) is 5.47. The summed E-state index contributed by atoms with van der Waals surface area (Å²) in [6.07, 6.45) is 0.809. The number of rotatable bonds is 7. The molecule has 0 radical (unpaired) electrons. The van der Waals surface area contributed by atoms with Crippen LogP contribution in [0.5, 0.6) is 11.5 Å². The summed E-state index contributed by atoms with van der Waals surface area (Å²) in [5.41, 5.74) is 0.940. The van der Waals surface area contributed by atoms with Crippen LogP contribution in [0.3, 0.4) is 0 Å². The van der Waals surface area contributed by atoms with Crippen LogP contribution in [-0.4, -0.2) is 37.7 Å². The molecule has 6 nitrogen and oxygen atoms in total. The van der Waals surface area contributed by atoms with Crippen molar-refractivity contribution in [1.82, 2.24) is 0 Å². The zero-order valence-electron chi connectivity index (χ0n) is 11.9. The lowest BCUT2D eigenvalue weighted by atomic mass is 10.1. The van der Waals surface area contributed by atoms with Crippen molar-refractivity contribution >= 4 is 11.7 Å². The summed E-state index contributed by atoms with van der Waals surface area (Å²) >= 11 is 0. The average molecular weight is 281 g/mol. The third-order valence-electron chi connectivity index (χ3n) is 2.73. The summed E-state index contributed by atoms with van der Waals surface area (Å²) < 4.78 is 15.1. The zero-order chi connectivity index (χ0) is 15.0. The summed E-state index contributed by atoms with van der Waals surface area (Å²) in [6.45, 7) is 1.94. The fraction of sp³-hybridized carbons (Fsp3) is 0.429. The maximum atomic E-state index is 11.5. The van der Waals surface area contributed by atoms with Gasteiger partial charge in [-0.1, -0.05) is 11.2 Å². The highest BCUT2D eigenvalue weighted by Gasteiger charge is 2.14. The van der Waals surface area contributed by atoms with E-state index in [9.17, 15) is 4.79 Å². The number of ether oxygens (including phenoxy) is 3. The van der Waals surface area contributed by atoms with Gasteiger partial charge in [0.2, 0.25) is 0 Å². The molecule has 0 saturated heterocycles. The monoisotopic (exact) mass is 281 g/mol. The molecule has 0 amide bonds. The van der Waals surface area contributed by atoms with Gasteiger partial charge in [-0.3, -0.25) is 0 Å². The van der Waals surface area contributed by atoms with Gasteiger partial charge < -0.3 is 19.4 Å². The van der Waals surface area contributed by atoms with E-state index in [1.807, 2.05) is 12.1 Å². The molecule has 0 aliphatic heterocycles. The lowest BCUT2D eigenvalue weighted by Gasteiger charge is -2.09. The Morgan fingerprint density at radius 2 is 1.95 bits per heavy atom. The van der Waals surface area contributed by atoms with Gasteiger partial charge in [0.1, 0.15) is 0 Å². The number of carbonyl (C=O) groups excluding carboxylic acids is 1. The van der Waals surface area contributed by atoms with Crippen LogP contribution in [0.2, 0.25) is 0 Å². The van der Waals surface area contributed by atoms with E-state index in [2.05, 4.69) is 5.16 Å². The number of oxime groups is 1. The predicted molar refractivity (Wildman–Crippen MR) is 73.7 cm³/mol. The van der Waals surface area contributed by atoms with Crippen molar-refractivity contribution in [2.75, 3.05) is 20.8 Å². The van der Waals surface area contributed by atoms with Crippen molar-refractivity contribution in [1.29, 1.82) is 0 Å². The van der Waals surface area contributed by atoms with Crippen molar-refractivity contribution in [3.63, 3.8) is 0 Å². The molecule has 20 heavy (non-hydrogen) atoms. The van der Waals surface area contributed by atoms with Crippen molar-refractivity contribution < 1.29 is 24.2 Å². The molecule has 1 aromatic rings. The molecule has 0 unspecified atom stereocenters. The van der Waals surface area contributed by atoms with E-state index in [1.54, 1.807) is 27.2 Å². The third kappa shape index (κ3) is 4.15. The zero-order valence-corrected chi connectivity index (χ0v) is 11.9. The first-order valence-corrected chi connectivity index (χ1v) is 6.25. The average Bonchev–Trinajstić information content (AvgIpc) is 2.47. The molecule has 1 aromatic carbocycles. The van der Waals surface area contributed by atoms with E-state index >= 15 is 0 Å². The molecule has 0 aromatic heterocycles. The summed E-state index contributed by atoms with van der Waals surface area (Å²) in [7, 11) is 3.12. The second kappa shape index (κ2) is 8.04. The molecule has 1 N–H and O–H groups in total. The van der Waals surface area contributed by atoms with Gasteiger partial charge in [0, 0.05) is 6.42 Å². The molecule has 110 valence electrons. The van der Waals surface area contributed by atoms with E-state index in [0.29, 0.717) is 17.9 Å². The Morgan fingerprint density at radius 1 is 1.25 bits per heavy atom. The normalized spacial score (nSPS) is 11.1. The predicted octanol–water partition coefficient (Wildman–Crippen LogP) is 2.03. The molecular formula is C14H19NO5. The number of hydrogen-bond donors (Lipinski definition) is 1. The minimum absolute atomic E-state index is 0.00151. The van der Waals surface area contributed by atoms with E-state index in [0.717, 1.165) is 5.56 Å². The van der Waals surface area contributed by atoms with E-state index in [4.69, 9.17) is 19.4 Å². The van der Waals surface area contributed by atoms with Crippen LogP contribution in [0.25, 0.3) is 0 Å². The number of carbonyl (C=O) groups is 1. The van der Waals surface area contributed by atoms with Gasteiger partial charge in [0.15, 0.2) is 17.2 Å². The fourth-order valence-electron chi connectivity index (χ4n) is 1.71. The van der Waals surface area contributed by atoms with Gasteiger partial charge in [-0.15, -0.1) is 0 Å². The quantitative estimate of drug-likeness (QED) is 0.358. The summed E-state index contributed by atoms with van der Waals surface area (Å²) in [5, 5.41) is 11.8. The molecule has 0 bridgehead atoms.